The van der Waals surface area contributed by atoms with Crippen LogP contribution < -0.4 is 5.73 Å². The van der Waals surface area contributed by atoms with Crippen LogP contribution in [-0.2, 0) is 0 Å². The second kappa shape index (κ2) is 3.87. The van der Waals surface area contributed by atoms with Crippen molar-refractivity contribution in [3.05, 3.63) is 48.2 Å². The maximum Gasteiger partial charge on any atom is 0.131 e. The van der Waals surface area contributed by atoms with E-state index < -0.39 is 0 Å². The highest BCUT2D eigenvalue weighted by atomic mass is 19.1. The van der Waals surface area contributed by atoms with Gasteiger partial charge in [-0.25, -0.2) is 4.39 Å². The largest absolute Gasteiger partial charge is 0.472 e. The summed E-state index contributed by atoms with van der Waals surface area (Å²) in [5, 5.41) is 0. The van der Waals surface area contributed by atoms with Gasteiger partial charge in [0, 0.05) is 17.2 Å². The number of benzene rings is 1. The van der Waals surface area contributed by atoms with Gasteiger partial charge in [-0.2, -0.15) is 0 Å². The molecule has 1 aromatic carbocycles. The van der Waals surface area contributed by atoms with Crippen molar-refractivity contribution in [2.24, 2.45) is 5.73 Å². The van der Waals surface area contributed by atoms with Crippen LogP contribution >= 0.6 is 0 Å². The molecule has 0 bridgehead atoms. The third-order valence-corrected chi connectivity index (χ3v) is 2.35. The Morgan fingerprint density at radius 1 is 1.33 bits per heavy atom. The van der Waals surface area contributed by atoms with Crippen molar-refractivity contribution in [3.63, 3.8) is 0 Å². The van der Waals surface area contributed by atoms with Crippen LogP contribution in [-0.4, -0.2) is 0 Å². The van der Waals surface area contributed by atoms with Crippen LogP contribution in [0.5, 0.6) is 0 Å². The summed E-state index contributed by atoms with van der Waals surface area (Å²) in [6.07, 6.45) is 3.04. The Labute approximate surface area is 87.5 Å². The van der Waals surface area contributed by atoms with Crippen molar-refractivity contribution < 1.29 is 8.81 Å². The maximum absolute atomic E-state index is 13.5. The molecule has 3 heteroatoms. The lowest BCUT2D eigenvalue weighted by atomic mass is 10.0. The van der Waals surface area contributed by atoms with Crippen molar-refractivity contribution in [2.45, 2.75) is 13.0 Å². The van der Waals surface area contributed by atoms with Crippen molar-refractivity contribution in [2.75, 3.05) is 0 Å². The van der Waals surface area contributed by atoms with E-state index in [1.54, 1.807) is 18.2 Å². The molecule has 0 aliphatic heterocycles. The van der Waals surface area contributed by atoms with Crippen molar-refractivity contribution in [3.8, 4) is 11.1 Å². The monoisotopic (exact) mass is 205 g/mol. The minimum absolute atomic E-state index is 0.101. The summed E-state index contributed by atoms with van der Waals surface area (Å²) in [7, 11) is 0. The Bertz CT molecular complexity index is 449. The summed E-state index contributed by atoms with van der Waals surface area (Å²) in [5.41, 5.74) is 7.91. The Kier molecular flexibility index (Phi) is 2.56. The maximum atomic E-state index is 13.5. The predicted octanol–water partition coefficient (Wildman–Crippen LogP) is 3.11. The lowest BCUT2D eigenvalue weighted by Gasteiger charge is -2.08. The number of rotatable bonds is 2. The molecule has 0 saturated carbocycles. The molecule has 1 heterocycles. The van der Waals surface area contributed by atoms with Gasteiger partial charge in [0.2, 0.25) is 0 Å². The van der Waals surface area contributed by atoms with Gasteiger partial charge < -0.3 is 10.2 Å². The fourth-order valence-corrected chi connectivity index (χ4v) is 1.47. The molecule has 0 aliphatic rings. The molecule has 0 saturated heterocycles. The average Bonchev–Trinajstić information content (AvgIpc) is 2.71. The Hall–Kier alpha value is -1.61. The summed E-state index contributed by atoms with van der Waals surface area (Å²) in [4.78, 5) is 0. The Morgan fingerprint density at radius 3 is 2.73 bits per heavy atom. The van der Waals surface area contributed by atoms with Gasteiger partial charge in [0.25, 0.3) is 0 Å². The zero-order valence-electron chi connectivity index (χ0n) is 8.41. The molecule has 2 rings (SSSR count). The zero-order chi connectivity index (χ0) is 10.8. The zero-order valence-corrected chi connectivity index (χ0v) is 8.41. The molecule has 0 radical (unpaired) electrons. The molecule has 2 aromatic rings. The first-order valence-corrected chi connectivity index (χ1v) is 4.76. The summed E-state index contributed by atoms with van der Waals surface area (Å²) < 4.78 is 18.4. The topological polar surface area (TPSA) is 39.2 Å². The number of hydrogen-bond acceptors (Lipinski definition) is 2. The normalized spacial score (nSPS) is 12.7. The van der Waals surface area contributed by atoms with Crippen LogP contribution in [0.4, 0.5) is 4.39 Å². The van der Waals surface area contributed by atoms with Gasteiger partial charge in [0.1, 0.15) is 5.82 Å². The number of nitrogens with two attached hydrogens (primary N) is 1. The Morgan fingerprint density at radius 2 is 2.13 bits per heavy atom. The fourth-order valence-electron chi connectivity index (χ4n) is 1.47. The smallest absolute Gasteiger partial charge is 0.131 e. The predicted molar refractivity (Wildman–Crippen MR) is 56.7 cm³/mol. The lowest BCUT2D eigenvalue weighted by molar-refractivity contribution is 0.567. The molecule has 1 aromatic heterocycles. The molecular formula is C12H12FNO. The van der Waals surface area contributed by atoms with E-state index in [-0.39, 0.29) is 11.9 Å². The van der Waals surface area contributed by atoms with Crippen LogP contribution in [0.3, 0.4) is 0 Å². The molecule has 78 valence electrons. The summed E-state index contributed by atoms with van der Waals surface area (Å²) >= 11 is 0. The molecule has 1 atom stereocenters. The van der Waals surface area contributed by atoms with Gasteiger partial charge in [-0.05, 0) is 30.7 Å². The molecule has 2 nitrogen and oxygen atoms in total. The highest BCUT2D eigenvalue weighted by molar-refractivity contribution is 5.63. The third kappa shape index (κ3) is 1.92. The molecule has 0 aliphatic carbocycles. The van der Waals surface area contributed by atoms with E-state index in [1.807, 2.05) is 6.92 Å². The van der Waals surface area contributed by atoms with E-state index in [2.05, 4.69) is 0 Å². The van der Waals surface area contributed by atoms with Gasteiger partial charge in [0.15, 0.2) is 0 Å². The minimum Gasteiger partial charge on any atom is -0.472 e. The highest BCUT2D eigenvalue weighted by Crippen LogP contribution is 2.25. The quantitative estimate of drug-likeness (QED) is 0.818. The van der Waals surface area contributed by atoms with Gasteiger partial charge >= 0.3 is 0 Å². The van der Waals surface area contributed by atoms with Gasteiger partial charge in [-0.3, -0.25) is 0 Å². The van der Waals surface area contributed by atoms with Crippen molar-refractivity contribution >= 4 is 0 Å². The Balaban J connectivity index is 2.51. The lowest BCUT2D eigenvalue weighted by Crippen LogP contribution is -2.05. The first-order valence-electron chi connectivity index (χ1n) is 4.76. The van der Waals surface area contributed by atoms with Crippen LogP contribution in [0.1, 0.15) is 18.5 Å². The van der Waals surface area contributed by atoms with Crippen LogP contribution in [0.2, 0.25) is 0 Å². The van der Waals surface area contributed by atoms with Gasteiger partial charge in [0.05, 0.1) is 12.5 Å². The van der Waals surface area contributed by atoms with Crippen molar-refractivity contribution in [1.82, 2.24) is 0 Å². The number of furan rings is 1. The molecule has 0 amide bonds. The molecule has 1 unspecified atom stereocenters. The van der Waals surface area contributed by atoms with Crippen LogP contribution in [0.15, 0.2) is 41.2 Å². The standard InChI is InChI=1S/C12H12FNO/c1-8(14)9-2-3-12(13)11(6-9)10-4-5-15-7-10/h2-8H,14H2,1H3. The first-order chi connectivity index (χ1) is 7.18. The summed E-state index contributed by atoms with van der Waals surface area (Å²) in [5.74, 6) is -0.263. The fraction of sp³-hybridized carbons (Fsp3) is 0.167. The van der Waals surface area contributed by atoms with Gasteiger partial charge in [-0.1, -0.05) is 6.07 Å². The molecule has 2 N–H and O–H groups in total. The second-order valence-corrected chi connectivity index (χ2v) is 3.54. The van der Waals surface area contributed by atoms with Crippen LogP contribution in [0.25, 0.3) is 11.1 Å². The SMILES string of the molecule is CC(N)c1ccc(F)c(-c2ccoc2)c1. The average molecular weight is 205 g/mol. The molecule has 0 spiro atoms. The van der Waals surface area contributed by atoms with E-state index in [4.69, 9.17) is 10.2 Å². The summed E-state index contributed by atoms with van der Waals surface area (Å²) in [6, 6.07) is 6.51. The van der Waals surface area contributed by atoms with E-state index >= 15 is 0 Å². The third-order valence-electron chi connectivity index (χ3n) is 2.35. The summed E-state index contributed by atoms with van der Waals surface area (Å²) in [6.45, 7) is 1.87. The minimum atomic E-state index is -0.263. The number of halogens is 1. The molecule has 0 fully saturated rings. The van der Waals surface area contributed by atoms with Crippen LogP contribution in [0, 0.1) is 5.82 Å². The number of hydrogen-bond donors (Lipinski definition) is 1. The van der Waals surface area contributed by atoms with E-state index in [9.17, 15) is 4.39 Å². The highest BCUT2D eigenvalue weighted by Gasteiger charge is 2.08. The molecular weight excluding hydrogens is 193 g/mol. The van der Waals surface area contributed by atoms with E-state index in [0.717, 1.165) is 11.1 Å². The first kappa shape index (κ1) is 9.93. The second-order valence-electron chi connectivity index (χ2n) is 3.54. The van der Waals surface area contributed by atoms with Crippen molar-refractivity contribution in [1.29, 1.82) is 0 Å². The van der Waals surface area contributed by atoms with Gasteiger partial charge in [-0.15, -0.1) is 0 Å². The molecule has 15 heavy (non-hydrogen) atoms. The van der Waals surface area contributed by atoms with E-state index in [0.29, 0.717) is 5.56 Å². The van der Waals surface area contributed by atoms with E-state index in [1.165, 1.54) is 18.6 Å².